The summed E-state index contributed by atoms with van der Waals surface area (Å²) in [6.45, 7) is 0. The molecule has 0 unspecified atom stereocenters. The van der Waals surface area contributed by atoms with Gasteiger partial charge in [-0.15, -0.1) is 0 Å². The van der Waals surface area contributed by atoms with E-state index in [-0.39, 0.29) is 6.42 Å². The third-order valence-corrected chi connectivity index (χ3v) is 2.06. The van der Waals surface area contributed by atoms with Crippen LogP contribution in [0.4, 0.5) is 0 Å². The number of aliphatic imine (C=N–C) groups is 1. The molecular formula is C10H9NO2. The van der Waals surface area contributed by atoms with Crippen LogP contribution in [-0.4, -0.2) is 16.8 Å². The van der Waals surface area contributed by atoms with E-state index in [9.17, 15) is 4.79 Å². The monoisotopic (exact) mass is 175 g/mol. The van der Waals surface area contributed by atoms with Crippen molar-refractivity contribution in [2.24, 2.45) is 4.99 Å². The molecule has 0 aromatic heterocycles. The molecule has 0 spiro atoms. The van der Waals surface area contributed by atoms with Gasteiger partial charge in [0.25, 0.3) is 0 Å². The molecule has 0 atom stereocenters. The summed E-state index contributed by atoms with van der Waals surface area (Å²) in [5.41, 5.74) is 2.69. The summed E-state index contributed by atoms with van der Waals surface area (Å²) < 4.78 is 0. The minimum Gasteiger partial charge on any atom is -0.481 e. The molecule has 1 N–H and O–H groups in total. The van der Waals surface area contributed by atoms with Gasteiger partial charge in [0.15, 0.2) is 0 Å². The summed E-state index contributed by atoms with van der Waals surface area (Å²) in [5, 5.41) is 8.63. The largest absolute Gasteiger partial charge is 0.481 e. The van der Waals surface area contributed by atoms with Crippen molar-refractivity contribution in [2.45, 2.75) is 12.8 Å². The number of carboxylic acid groups (broad SMARTS) is 1. The molecule has 0 amide bonds. The Bertz CT molecular complexity index is 372. The molecule has 0 fully saturated rings. The molecule has 1 aliphatic heterocycles. The van der Waals surface area contributed by atoms with Gasteiger partial charge in [0.05, 0.1) is 12.1 Å². The average molecular weight is 175 g/mol. The van der Waals surface area contributed by atoms with Gasteiger partial charge in [-0.05, 0) is 18.1 Å². The first-order chi connectivity index (χ1) is 6.27. The van der Waals surface area contributed by atoms with Crippen LogP contribution in [0.3, 0.4) is 0 Å². The number of allylic oxidation sites excluding steroid dienone is 4. The summed E-state index contributed by atoms with van der Waals surface area (Å²) in [7, 11) is 0. The number of carboxylic acids is 1. The maximum Gasteiger partial charge on any atom is 0.307 e. The van der Waals surface area contributed by atoms with E-state index in [4.69, 9.17) is 5.11 Å². The molecule has 3 heteroatoms. The van der Waals surface area contributed by atoms with Crippen molar-refractivity contribution >= 4 is 11.7 Å². The van der Waals surface area contributed by atoms with Gasteiger partial charge < -0.3 is 5.11 Å². The number of fused-ring (bicyclic) bond motifs is 1. The minimum atomic E-state index is -0.807. The first kappa shape index (κ1) is 7.98. The van der Waals surface area contributed by atoms with E-state index in [1.807, 2.05) is 18.2 Å². The number of nitrogens with zero attached hydrogens (tertiary/aromatic N) is 1. The molecule has 0 aromatic carbocycles. The van der Waals surface area contributed by atoms with E-state index < -0.39 is 5.97 Å². The lowest BCUT2D eigenvalue weighted by Crippen LogP contribution is -2.04. The Morgan fingerprint density at radius 3 is 3.23 bits per heavy atom. The Kier molecular flexibility index (Phi) is 1.85. The van der Waals surface area contributed by atoms with E-state index in [0.29, 0.717) is 0 Å². The highest BCUT2D eigenvalue weighted by molar-refractivity contribution is 6.14. The van der Waals surface area contributed by atoms with E-state index >= 15 is 0 Å². The SMILES string of the molecule is O=C(O)CC1=CN=C2C=CCC=C12. The predicted molar refractivity (Wildman–Crippen MR) is 49.6 cm³/mol. The van der Waals surface area contributed by atoms with Crippen LogP contribution >= 0.6 is 0 Å². The smallest absolute Gasteiger partial charge is 0.307 e. The highest BCUT2D eigenvalue weighted by Gasteiger charge is 2.18. The molecule has 2 aliphatic rings. The molecule has 0 aromatic rings. The number of hydrogen-bond acceptors (Lipinski definition) is 2. The molecule has 66 valence electrons. The summed E-state index contributed by atoms with van der Waals surface area (Å²) in [5.74, 6) is -0.807. The lowest BCUT2D eigenvalue weighted by molar-refractivity contribution is -0.136. The lowest BCUT2D eigenvalue weighted by atomic mass is 9.97. The van der Waals surface area contributed by atoms with Crippen LogP contribution in [0.1, 0.15) is 12.8 Å². The summed E-state index contributed by atoms with van der Waals surface area (Å²) in [4.78, 5) is 14.6. The summed E-state index contributed by atoms with van der Waals surface area (Å²) in [6, 6.07) is 0. The standard InChI is InChI=1S/C10H9NO2/c12-10(13)5-7-6-11-9-4-2-1-3-8(7)9/h2-4,6H,1,5H2,(H,12,13). The van der Waals surface area contributed by atoms with Gasteiger partial charge in [-0.25, -0.2) is 0 Å². The Balaban J connectivity index is 2.20. The van der Waals surface area contributed by atoms with E-state index in [2.05, 4.69) is 4.99 Å². The van der Waals surface area contributed by atoms with Crippen molar-refractivity contribution in [3.05, 3.63) is 35.6 Å². The number of hydrogen-bond donors (Lipinski definition) is 1. The fraction of sp³-hybridized carbons (Fsp3) is 0.200. The van der Waals surface area contributed by atoms with Crippen molar-refractivity contribution in [1.82, 2.24) is 0 Å². The van der Waals surface area contributed by atoms with Crippen LogP contribution in [0.2, 0.25) is 0 Å². The van der Waals surface area contributed by atoms with Gasteiger partial charge in [0.2, 0.25) is 0 Å². The second-order valence-corrected chi connectivity index (χ2v) is 3.00. The van der Waals surface area contributed by atoms with E-state index in [0.717, 1.165) is 23.3 Å². The van der Waals surface area contributed by atoms with Crippen LogP contribution in [0.25, 0.3) is 0 Å². The van der Waals surface area contributed by atoms with Crippen molar-refractivity contribution in [3.8, 4) is 0 Å². The lowest BCUT2D eigenvalue weighted by Gasteiger charge is -2.06. The summed E-state index contributed by atoms with van der Waals surface area (Å²) >= 11 is 0. The molecule has 0 saturated carbocycles. The molecule has 0 bridgehead atoms. The average Bonchev–Trinajstić information content (AvgIpc) is 2.48. The maximum absolute atomic E-state index is 10.5. The first-order valence-electron chi connectivity index (χ1n) is 4.13. The maximum atomic E-state index is 10.5. The molecule has 3 nitrogen and oxygen atoms in total. The van der Waals surface area contributed by atoms with Crippen molar-refractivity contribution in [2.75, 3.05) is 0 Å². The Labute approximate surface area is 75.8 Å². The van der Waals surface area contributed by atoms with Crippen LogP contribution in [0.5, 0.6) is 0 Å². The predicted octanol–water partition coefficient (Wildman–Crippen LogP) is 1.69. The molecule has 0 saturated heterocycles. The highest BCUT2D eigenvalue weighted by atomic mass is 16.4. The van der Waals surface area contributed by atoms with Crippen molar-refractivity contribution < 1.29 is 9.90 Å². The zero-order valence-electron chi connectivity index (χ0n) is 7.03. The quantitative estimate of drug-likeness (QED) is 0.694. The topological polar surface area (TPSA) is 49.7 Å². The summed E-state index contributed by atoms with van der Waals surface area (Å²) in [6.07, 6.45) is 8.53. The minimum absolute atomic E-state index is 0.0622. The number of carbonyl (C=O) groups is 1. The highest BCUT2D eigenvalue weighted by Crippen LogP contribution is 2.25. The molecule has 2 rings (SSSR count). The zero-order valence-corrected chi connectivity index (χ0v) is 7.03. The second-order valence-electron chi connectivity index (χ2n) is 3.00. The molecule has 13 heavy (non-hydrogen) atoms. The Morgan fingerprint density at radius 1 is 1.62 bits per heavy atom. The van der Waals surface area contributed by atoms with Crippen molar-refractivity contribution in [1.29, 1.82) is 0 Å². The molecule has 1 heterocycles. The van der Waals surface area contributed by atoms with Gasteiger partial charge in [-0.2, -0.15) is 0 Å². The van der Waals surface area contributed by atoms with Crippen LogP contribution < -0.4 is 0 Å². The Hall–Kier alpha value is -1.64. The van der Waals surface area contributed by atoms with Gasteiger partial charge >= 0.3 is 5.97 Å². The molecular weight excluding hydrogens is 166 g/mol. The molecule has 0 radical (unpaired) electrons. The third-order valence-electron chi connectivity index (χ3n) is 2.06. The van der Waals surface area contributed by atoms with E-state index in [1.165, 1.54) is 0 Å². The Morgan fingerprint density at radius 2 is 2.46 bits per heavy atom. The van der Waals surface area contributed by atoms with Gasteiger partial charge in [0, 0.05) is 11.8 Å². The van der Waals surface area contributed by atoms with Gasteiger partial charge in [-0.1, -0.05) is 12.2 Å². The van der Waals surface area contributed by atoms with Crippen LogP contribution in [0, 0.1) is 0 Å². The normalized spacial score (nSPS) is 18.9. The number of aliphatic carboxylic acids is 1. The second kappa shape index (κ2) is 3.01. The van der Waals surface area contributed by atoms with Crippen molar-refractivity contribution in [3.63, 3.8) is 0 Å². The van der Waals surface area contributed by atoms with Gasteiger partial charge in [-0.3, -0.25) is 9.79 Å². The fourth-order valence-corrected chi connectivity index (χ4v) is 1.49. The molecule has 1 aliphatic carbocycles. The van der Waals surface area contributed by atoms with Gasteiger partial charge in [0.1, 0.15) is 0 Å². The van der Waals surface area contributed by atoms with Crippen LogP contribution in [-0.2, 0) is 4.79 Å². The fourth-order valence-electron chi connectivity index (χ4n) is 1.49. The number of rotatable bonds is 2. The zero-order chi connectivity index (χ0) is 9.26. The first-order valence-corrected chi connectivity index (χ1v) is 4.13. The third kappa shape index (κ3) is 1.45. The van der Waals surface area contributed by atoms with Crippen LogP contribution in [0.15, 0.2) is 40.6 Å². The van der Waals surface area contributed by atoms with E-state index in [1.54, 1.807) is 6.20 Å².